The molecular weight excluding hydrogens is 442 g/mol. The first-order valence-corrected chi connectivity index (χ1v) is 12.4. The van der Waals surface area contributed by atoms with E-state index >= 15 is 0 Å². The van der Waals surface area contributed by atoms with E-state index < -0.39 is 16.1 Å². The van der Waals surface area contributed by atoms with Crippen molar-refractivity contribution in [3.8, 4) is 0 Å². The normalized spacial score (nSPS) is 17.7. The molecule has 1 atom stereocenters. The zero-order chi connectivity index (χ0) is 21.5. The first-order valence-electron chi connectivity index (χ1n) is 9.75. The summed E-state index contributed by atoms with van der Waals surface area (Å²) in [4.78, 5) is 17.7. The van der Waals surface area contributed by atoms with Crippen molar-refractivity contribution in [3.63, 3.8) is 0 Å². The third-order valence-electron chi connectivity index (χ3n) is 5.23. The molecule has 3 aromatic rings. The molecule has 0 spiro atoms. The SMILES string of the molecule is CC(C)c1cccc2sc(NC(=O)C3CCCN3S(=O)(=O)c3ccc(Cl)cc3)nc12. The van der Waals surface area contributed by atoms with E-state index in [1.165, 1.54) is 39.9 Å². The number of halogens is 1. The quantitative estimate of drug-likeness (QED) is 0.585. The lowest BCUT2D eigenvalue weighted by molar-refractivity contribution is -0.119. The maximum atomic E-state index is 13.1. The summed E-state index contributed by atoms with van der Waals surface area (Å²) in [5.74, 6) is -0.0376. The lowest BCUT2D eigenvalue weighted by atomic mass is 10.0. The Morgan fingerprint density at radius 2 is 1.97 bits per heavy atom. The van der Waals surface area contributed by atoms with Crippen molar-refractivity contribution in [3.05, 3.63) is 53.1 Å². The van der Waals surface area contributed by atoms with Crippen LogP contribution < -0.4 is 5.32 Å². The van der Waals surface area contributed by atoms with Gasteiger partial charge in [-0.15, -0.1) is 0 Å². The molecule has 0 bridgehead atoms. The summed E-state index contributed by atoms with van der Waals surface area (Å²) in [5, 5.41) is 3.79. The van der Waals surface area contributed by atoms with Crippen molar-refractivity contribution in [1.29, 1.82) is 0 Å². The number of anilines is 1. The number of carbonyl (C=O) groups excluding carboxylic acids is 1. The molecule has 1 amide bonds. The number of benzene rings is 2. The summed E-state index contributed by atoms with van der Waals surface area (Å²) in [7, 11) is -3.79. The van der Waals surface area contributed by atoms with Gasteiger partial charge in [0.15, 0.2) is 5.13 Å². The van der Waals surface area contributed by atoms with E-state index in [-0.39, 0.29) is 10.8 Å². The van der Waals surface area contributed by atoms with Gasteiger partial charge in [-0.2, -0.15) is 4.31 Å². The van der Waals surface area contributed by atoms with Crippen LogP contribution >= 0.6 is 22.9 Å². The molecule has 2 aromatic carbocycles. The summed E-state index contributed by atoms with van der Waals surface area (Å²) in [6.45, 7) is 4.51. The fraction of sp³-hybridized carbons (Fsp3) is 0.333. The van der Waals surface area contributed by atoms with E-state index in [9.17, 15) is 13.2 Å². The summed E-state index contributed by atoms with van der Waals surface area (Å²) in [5.41, 5.74) is 2.00. The number of fused-ring (bicyclic) bond motifs is 1. The Hall–Kier alpha value is -2.00. The van der Waals surface area contributed by atoms with Crippen LogP contribution in [0.4, 0.5) is 5.13 Å². The first-order chi connectivity index (χ1) is 14.3. The van der Waals surface area contributed by atoms with Gasteiger partial charge in [-0.05, 0) is 54.7 Å². The number of para-hydroxylation sites is 1. The van der Waals surface area contributed by atoms with Gasteiger partial charge in [0.25, 0.3) is 0 Å². The number of rotatable bonds is 5. The van der Waals surface area contributed by atoms with E-state index in [2.05, 4.69) is 24.1 Å². The molecule has 2 heterocycles. The summed E-state index contributed by atoms with van der Waals surface area (Å²) in [6.07, 6.45) is 1.10. The number of hydrogen-bond donors (Lipinski definition) is 1. The van der Waals surface area contributed by atoms with Crippen LogP contribution in [-0.4, -0.2) is 36.2 Å². The Labute approximate surface area is 184 Å². The Bertz CT molecular complexity index is 1190. The zero-order valence-corrected chi connectivity index (χ0v) is 19.0. The van der Waals surface area contributed by atoms with E-state index in [1.807, 2.05) is 18.2 Å². The van der Waals surface area contributed by atoms with Crippen LogP contribution in [0.25, 0.3) is 10.2 Å². The van der Waals surface area contributed by atoms with E-state index in [1.54, 1.807) is 0 Å². The number of aromatic nitrogens is 1. The molecule has 158 valence electrons. The van der Waals surface area contributed by atoms with Gasteiger partial charge < -0.3 is 5.32 Å². The maximum absolute atomic E-state index is 13.1. The average Bonchev–Trinajstić information content (AvgIpc) is 3.35. The second-order valence-electron chi connectivity index (χ2n) is 7.58. The van der Waals surface area contributed by atoms with Crippen molar-refractivity contribution >= 4 is 54.2 Å². The van der Waals surface area contributed by atoms with Gasteiger partial charge in [0.2, 0.25) is 15.9 Å². The topological polar surface area (TPSA) is 79.4 Å². The fourth-order valence-electron chi connectivity index (χ4n) is 3.71. The number of carbonyl (C=O) groups is 1. The molecule has 1 aliphatic heterocycles. The Morgan fingerprint density at radius 3 is 2.67 bits per heavy atom. The smallest absolute Gasteiger partial charge is 0.244 e. The predicted octanol–water partition coefficient (Wildman–Crippen LogP) is 4.86. The number of nitrogens with zero attached hydrogens (tertiary/aromatic N) is 2. The van der Waals surface area contributed by atoms with E-state index in [0.29, 0.717) is 35.5 Å². The Balaban J connectivity index is 1.58. The van der Waals surface area contributed by atoms with Crippen molar-refractivity contribution in [2.24, 2.45) is 0 Å². The number of hydrogen-bond acceptors (Lipinski definition) is 5. The van der Waals surface area contributed by atoms with Gasteiger partial charge in [-0.1, -0.05) is 48.9 Å². The lowest BCUT2D eigenvalue weighted by Crippen LogP contribution is -2.43. The second kappa shape index (κ2) is 8.26. The van der Waals surface area contributed by atoms with Gasteiger partial charge in [-0.25, -0.2) is 13.4 Å². The van der Waals surface area contributed by atoms with E-state index in [0.717, 1.165) is 15.8 Å². The van der Waals surface area contributed by atoms with E-state index in [4.69, 9.17) is 11.6 Å². The molecule has 1 aromatic heterocycles. The van der Waals surface area contributed by atoms with Crippen molar-refractivity contribution in [2.45, 2.75) is 43.5 Å². The highest BCUT2D eigenvalue weighted by atomic mass is 35.5. The largest absolute Gasteiger partial charge is 0.301 e. The standard InChI is InChI=1S/C21H22ClN3O3S2/c1-13(2)16-5-3-7-18-19(16)23-21(29-18)24-20(26)17-6-4-12-25(17)30(27,28)15-10-8-14(22)9-11-15/h3,5,7-11,13,17H,4,6,12H2,1-2H3,(H,23,24,26). The molecule has 30 heavy (non-hydrogen) atoms. The molecule has 9 heteroatoms. The zero-order valence-electron chi connectivity index (χ0n) is 16.6. The number of amides is 1. The minimum Gasteiger partial charge on any atom is -0.301 e. The molecule has 1 aliphatic rings. The van der Waals surface area contributed by atoms with Gasteiger partial charge in [0.05, 0.1) is 15.1 Å². The Kier molecular flexibility index (Phi) is 5.85. The van der Waals surface area contributed by atoms with Crippen molar-refractivity contribution in [2.75, 3.05) is 11.9 Å². The van der Waals surface area contributed by atoms with Crippen LogP contribution in [0, 0.1) is 0 Å². The van der Waals surface area contributed by atoms with Crippen LogP contribution in [0.5, 0.6) is 0 Å². The second-order valence-corrected chi connectivity index (χ2v) is 10.9. The van der Waals surface area contributed by atoms with Crippen LogP contribution in [-0.2, 0) is 14.8 Å². The van der Waals surface area contributed by atoms with Crippen LogP contribution in [0.1, 0.15) is 38.2 Å². The highest BCUT2D eigenvalue weighted by molar-refractivity contribution is 7.89. The lowest BCUT2D eigenvalue weighted by Gasteiger charge is -2.23. The van der Waals surface area contributed by atoms with Gasteiger partial charge in [-0.3, -0.25) is 4.79 Å². The molecule has 0 aliphatic carbocycles. The molecule has 1 unspecified atom stereocenters. The molecule has 1 N–H and O–H groups in total. The molecule has 0 saturated carbocycles. The minimum atomic E-state index is -3.79. The molecule has 6 nitrogen and oxygen atoms in total. The summed E-state index contributed by atoms with van der Waals surface area (Å²) >= 11 is 7.27. The van der Waals surface area contributed by atoms with Crippen molar-refractivity contribution < 1.29 is 13.2 Å². The number of sulfonamides is 1. The Morgan fingerprint density at radius 1 is 1.23 bits per heavy atom. The molecule has 1 fully saturated rings. The van der Waals surface area contributed by atoms with Crippen molar-refractivity contribution in [1.82, 2.24) is 9.29 Å². The molecule has 0 radical (unpaired) electrons. The van der Waals surface area contributed by atoms with Crippen LogP contribution in [0.3, 0.4) is 0 Å². The number of thiazole rings is 1. The molecule has 1 saturated heterocycles. The summed E-state index contributed by atoms with van der Waals surface area (Å²) < 4.78 is 28.4. The van der Waals surface area contributed by atoms with Gasteiger partial charge >= 0.3 is 0 Å². The highest BCUT2D eigenvalue weighted by Gasteiger charge is 2.39. The first kappa shape index (κ1) is 21.2. The third-order valence-corrected chi connectivity index (χ3v) is 8.34. The third kappa shape index (κ3) is 3.97. The van der Waals surface area contributed by atoms with Gasteiger partial charge in [0.1, 0.15) is 6.04 Å². The van der Waals surface area contributed by atoms with Crippen LogP contribution in [0.2, 0.25) is 5.02 Å². The molecular formula is C21H22ClN3O3S2. The van der Waals surface area contributed by atoms with Gasteiger partial charge in [0, 0.05) is 11.6 Å². The predicted molar refractivity (Wildman–Crippen MR) is 121 cm³/mol. The maximum Gasteiger partial charge on any atom is 0.244 e. The fourth-order valence-corrected chi connectivity index (χ4v) is 6.40. The molecule has 4 rings (SSSR count). The summed E-state index contributed by atoms with van der Waals surface area (Å²) in [6, 6.07) is 11.2. The van der Waals surface area contributed by atoms with Crippen LogP contribution in [0.15, 0.2) is 47.4 Å². The number of nitrogens with one attached hydrogen (secondary N) is 1. The average molecular weight is 464 g/mol. The monoisotopic (exact) mass is 463 g/mol. The highest BCUT2D eigenvalue weighted by Crippen LogP contribution is 2.33. The minimum absolute atomic E-state index is 0.133.